The maximum atomic E-state index is 12.5. The van der Waals surface area contributed by atoms with E-state index in [2.05, 4.69) is 41.3 Å². The van der Waals surface area contributed by atoms with E-state index in [4.69, 9.17) is 0 Å². The van der Waals surface area contributed by atoms with Crippen molar-refractivity contribution in [2.75, 3.05) is 17.3 Å². The van der Waals surface area contributed by atoms with E-state index in [-0.39, 0.29) is 5.91 Å². The fraction of sp³-hybridized carbons (Fsp3) is 0.190. The molecule has 1 aromatic heterocycles. The van der Waals surface area contributed by atoms with Crippen LogP contribution in [0.2, 0.25) is 0 Å². The van der Waals surface area contributed by atoms with E-state index in [1.54, 1.807) is 24.3 Å². The molecule has 0 atom stereocenters. The summed E-state index contributed by atoms with van der Waals surface area (Å²) in [6, 6.07) is 17.6. The minimum Gasteiger partial charge on any atom is -0.324 e. The number of nitrogens with one attached hydrogen (secondary N) is 1. The molecule has 0 aliphatic rings. The molecule has 5 nitrogen and oxygen atoms in total. The molecule has 0 spiro atoms. The second-order valence-corrected chi connectivity index (χ2v) is 6.40. The first-order chi connectivity index (χ1) is 12.5. The van der Waals surface area contributed by atoms with Gasteiger partial charge in [0.15, 0.2) is 0 Å². The lowest BCUT2D eigenvalue weighted by Gasteiger charge is -2.17. The normalized spacial score (nSPS) is 10.6. The minimum absolute atomic E-state index is 0.149. The molecule has 26 heavy (non-hydrogen) atoms. The number of anilines is 3. The van der Waals surface area contributed by atoms with Crippen molar-refractivity contribution in [2.45, 2.75) is 19.8 Å². The molecule has 1 heterocycles. The van der Waals surface area contributed by atoms with Gasteiger partial charge in [0, 0.05) is 30.8 Å². The lowest BCUT2D eigenvalue weighted by atomic mass is 10.0. The highest BCUT2D eigenvalue weighted by Gasteiger charge is 2.14. The average molecular weight is 346 g/mol. The van der Waals surface area contributed by atoms with E-state index in [1.165, 1.54) is 5.56 Å². The van der Waals surface area contributed by atoms with Crippen LogP contribution in [0.5, 0.6) is 0 Å². The van der Waals surface area contributed by atoms with E-state index in [0.717, 1.165) is 11.4 Å². The molecule has 132 valence electrons. The van der Waals surface area contributed by atoms with Gasteiger partial charge < -0.3 is 10.2 Å². The molecule has 0 radical (unpaired) electrons. The summed E-state index contributed by atoms with van der Waals surface area (Å²) >= 11 is 0. The maximum Gasteiger partial charge on any atom is 0.261 e. The van der Waals surface area contributed by atoms with Gasteiger partial charge >= 0.3 is 0 Å². The molecule has 1 N–H and O–H groups in total. The predicted molar refractivity (Wildman–Crippen MR) is 105 cm³/mol. The number of carbonyl (C=O) groups is 1. The number of hydrogen-bond acceptors (Lipinski definition) is 4. The number of carbonyl (C=O) groups excluding carboxylic acids is 1. The van der Waals surface area contributed by atoms with Gasteiger partial charge in [-0.1, -0.05) is 44.2 Å². The second kappa shape index (κ2) is 7.78. The molecule has 3 rings (SSSR count). The number of amides is 1. The Labute approximate surface area is 153 Å². The molecule has 1 amide bonds. The van der Waals surface area contributed by atoms with Gasteiger partial charge in [-0.15, -0.1) is 0 Å². The van der Waals surface area contributed by atoms with E-state index in [9.17, 15) is 4.79 Å². The number of para-hydroxylation sites is 1. The molecular weight excluding hydrogens is 324 g/mol. The van der Waals surface area contributed by atoms with Crippen LogP contribution in [-0.2, 0) is 0 Å². The highest BCUT2D eigenvalue weighted by molar-refractivity contribution is 6.05. The number of benzene rings is 2. The molecule has 0 fully saturated rings. The van der Waals surface area contributed by atoms with Gasteiger partial charge in [0.1, 0.15) is 0 Å². The SMILES string of the molecule is CC(C)c1ccc(Nc2ncc(C(=O)N(C)c3ccccc3)cn2)cc1. The molecule has 0 aliphatic carbocycles. The summed E-state index contributed by atoms with van der Waals surface area (Å²) in [4.78, 5) is 22.6. The summed E-state index contributed by atoms with van der Waals surface area (Å²) in [6.45, 7) is 4.32. The van der Waals surface area contributed by atoms with Crippen molar-refractivity contribution >= 4 is 23.2 Å². The fourth-order valence-electron chi connectivity index (χ4n) is 2.55. The maximum absolute atomic E-state index is 12.5. The topological polar surface area (TPSA) is 58.1 Å². The zero-order valence-electron chi connectivity index (χ0n) is 15.2. The van der Waals surface area contributed by atoms with Crippen LogP contribution in [-0.4, -0.2) is 22.9 Å². The van der Waals surface area contributed by atoms with E-state index < -0.39 is 0 Å². The smallest absolute Gasteiger partial charge is 0.261 e. The molecule has 5 heteroatoms. The third-order valence-corrected chi connectivity index (χ3v) is 4.18. The Bertz CT molecular complexity index is 859. The van der Waals surface area contributed by atoms with Gasteiger partial charge in [0.05, 0.1) is 5.56 Å². The van der Waals surface area contributed by atoms with Crippen molar-refractivity contribution in [3.8, 4) is 0 Å². The zero-order chi connectivity index (χ0) is 18.5. The van der Waals surface area contributed by atoms with Crippen LogP contribution in [0.25, 0.3) is 0 Å². The molecular formula is C21H22N4O. The molecule has 2 aromatic carbocycles. The monoisotopic (exact) mass is 346 g/mol. The Morgan fingerprint density at radius 2 is 1.58 bits per heavy atom. The van der Waals surface area contributed by atoms with Crippen molar-refractivity contribution in [3.63, 3.8) is 0 Å². The van der Waals surface area contributed by atoms with Crippen molar-refractivity contribution in [1.82, 2.24) is 9.97 Å². The standard InChI is InChI=1S/C21H22N4O/c1-15(2)16-9-11-18(12-10-16)24-21-22-13-17(14-23-21)20(26)25(3)19-7-5-4-6-8-19/h4-15H,1-3H3,(H,22,23,24). The van der Waals surface area contributed by atoms with E-state index >= 15 is 0 Å². The summed E-state index contributed by atoms with van der Waals surface area (Å²) in [6.07, 6.45) is 3.08. The lowest BCUT2D eigenvalue weighted by Crippen LogP contribution is -2.26. The summed E-state index contributed by atoms with van der Waals surface area (Å²) in [5.41, 5.74) is 3.46. The van der Waals surface area contributed by atoms with E-state index in [1.807, 2.05) is 42.5 Å². The predicted octanol–water partition coefficient (Wildman–Crippen LogP) is 4.62. The number of nitrogens with zero attached hydrogens (tertiary/aromatic N) is 3. The largest absolute Gasteiger partial charge is 0.324 e. The zero-order valence-corrected chi connectivity index (χ0v) is 15.2. The summed E-state index contributed by atoms with van der Waals surface area (Å²) in [7, 11) is 1.74. The Kier molecular flexibility index (Phi) is 5.27. The summed E-state index contributed by atoms with van der Waals surface area (Å²) in [5.74, 6) is 0.803. The molecule has 0 unspecified atom stereocenters. The van der Waals surface area contributed by atoms with Gasteiger partial charge in [-0.25, -0.2) is 9.97 Å². The van der Waals surface area contributed by atoms with Gasteiger partial charge in [-0.3, -0.25) is 4.79 Å². The van der Waals surface area contributed by atoms with Gasteiger partial charge in [-0.05, 0) is 35.7 Å². The van der Waals surface area contributed by atoms with Crippen molar-refractivity contribution in [2.24, 2.45) is 0 Å². The highest BCUT2D eigenvalue weighted by atomic mass is 16.2. The van der Waals surface area contributed by atoms with Crippen molar-refractivity contribution in [3.05, 3.63) is 78.1 Å². The first kappa shape index (κ1) is 17.6. The fourth-order valence-corrected chi connectivity index (χ4v) is 2.55. The molecule has 0 saturated carbocycles. The number of rotatable bonds is 5. The van der Waals surface area contributed by atoms with Gasteiger partial charge in [-0.2, -0.15) is 0 Å². The van der Waals surface area contributed by atoms with Crippen LogP contribution in [0, 0.1) is 0 Å². The summed E-state index contributed by atoms with van der Waals surface area (Å²) in [5, 5.41) is 3.15. The lowest BCUT2D eigenvalue weighted by molar-refractivity contribution is 0.0992. The van der Waals surface area contributed by atoms with Gasteiger partial charge in [0.25, 0.3) is 5.91 Å². The second-order valence-electron chi connectivity index (χ2n) is 6.40. The van der Waals surface area contributed by atoms with Gasteiger partial charge in [0.2, 0.25) is 5.95 Å². The Morgan fingerprint density at radius 1 is 0.962 bits per heavy atom. The first-order valence-corrected chi connectivity index (χ1v) is 8.56. The molecule has 3 aromatic rings. The first-order valence-electron chi connectivity index (χ1n) is 8.56. The minimum atomic E-state index is -0.149. The Balaban J connectivity index is 1.69. The Morgan fingerprint density at radius 3 is 2.15 bits per heavy atom. The van der Waals surface area contributed by atoms with Crippen molar-refractivity contribution < 1.29 is 4.79 Å². The summed E-state index contributed by atoms with van der Waals surface area (Å²) < 4.78 is 0. The van der Waals surface area contributed by atoms with Crippen LogP contribution < -0.4 is 10.2 Å². The van der Waals surface area contributed by atoms with Crippen LogP contribution in [0.15, 0.2) is 67.0 Å². The van der Waals surface area contributed by atoms with Crippen LogP contribution in [0.1, 0.15) is 35.7 Å². The highest BCUT2D eigenvalue weighted by Crippen LogP contribution is 2.19. The number of aromatic nitrogens is 2. The molecule has 0 bridgehead atoms. The molecule has 0 saturated heterocycles. The van der Waals surface area contributed by atoms with Crippen LogP contribution in [0.4, 0.5) is 17.3 Å². The third-order valence-electron chi connectivity index (χ3n) is 4.18. The third kappa shape index (κ3) is 4.06. The quantitative estimate of drug-likeness (QED) is 0.732. The van der Waals surface area contributed by atoms with E-state index in [0.29, 0.717) is 17.4 Å². The van der Waals surface area contributed by atoms with Crippen LogP contribution in [0.3, 0.4) is 0 Å². The van der Waals surface area contributed by atoms with Crippen molar-refractivity contribution in [1.29, 1.82) is 0 Å². The molecule has 0 aliphatic heterocycles. The Hall–Kier alpha value is -3.21. The van der Waals surface area contributed by atoms with Crippen LogP contribution >= 0.6 is 0 Å². The average Bonchev–Trinajstić information content (AvgIpc) is 2.68. The number of hydrogen-bond donors (Lipinski definition) is 1.